The van der Waals surface area contributed by atoms with E-state index in [1.165, 1.54) is 11.0 Å². The van der Waals surface area contributed by atoms with Crippen LogP contribution in [0.2, 0.25) is 0 Å². The summed E-state index contributed by atoms with van der Waals surface area (Å²) in [6.07, 6.45) is 1.56. The van der Waals surface area contributed by atoms with E-state index >= 15 is 0 Å². The minimum absolute atomic E-state index is 0.0540. The van der Waals surface area contributed by atoms with Gasteiger partial charge in [0.1, 0.15) is 5.82 Å². The number of nitrogens with zero attached hydrogens (tertiary/aromatic N) is 3. The van der Waals surface area contributed by atoms with Crippen molar-refractivity contribution in [1.82, 2.24) is 4.90 Å². The van der Waals surface area contributed by atoms with Gasteiger partial charge in [0.05, 0.1) is 18.0 Å². The van der Waals surface area contributed by atoms with Gasteiger partial charge in [0.25, 0.3) is 0 Å². The molecule has 37 heavy (non-hydrogen) atoms. The highest BCUT2D eigenvalue weighted by atomic mass is 19.1. The second-order valence-electron chi connectivity index (χ2n) is 9.39. The van der Waals surface area contributed by atoms with Gasteiger partial charge in [0.15, 0.2) is 0 Å². The Morgan fingerprint density at radius 1 is 0.892 bits per heavy atom. The Balaban J connectivity index is 1.38. The van der Waals surface area contributed by atoms with Crippen LogP contribution in [0.1, 0.15) is 24.0 Å². The molecule has 3 aromatic rings. The standard InChI is InChI=1S/C29H28FN3O4/c30-24-10-4-5-11-26(24)33(22-8-2-1-3-9-22)27(34)19-21-7-6-12-25-23(21)15-18-32(25)29(37)31-16-13-20(14-17-31)28(35)36/h1-12,20H,13-19H2,(H,35,36). The SMILES string of the molecule is O=C(O)C1CCN(C(=O)N2CCc3c(CC(=O)N(c4ccccc4)c4ccccc4F)cccc32)CC1. The summed E-state index contributed by atoms with van der Waals surface area (Å²) >= 11 is 0. The molecule has 5 rings (SSSR count). The zero-order valence-corrected chi connectivity index (χ0v) is 20.3. The van der Waals surface area contributed by atoms with Gasteiger partial charge in [-0.2, -0.15) is 0 Å². The summed E-state index contributed by atoms with van der Waals surface area (Å²) < 4.78 is 14.8. The summed E-state index contributed by atoms with van der Waals surface area (Å²) in [6.45, 7) is 1.32. The number of likely N-dealkylation sites (tertiary alicyclic amines) is 1. The van der Waals surface area contributed by atoms with Gasteiger partial charge < -0.3 is 10.0 Å². The van der Waals surface area contributed by atoms with Crippen molar-refractivity contribution in [1.29, 1.82) is 0 Å². The molecule has 2 aliphatic heterocycles. The van der Waals surface area contributed by atoms with Crippen LogP contribution >= 0.6 is 0 Å². The minimum Gasteiger partial charge on any atom is -0.481 e. The number of amides is 3. The highest BCUT2D eigenvalue weighted by molar-refractivity contribution is 6.02. The van der Waals surface area contributed by atoms with Crippen molar-refractivity contribution in [3.8, 4) is 0 Å². The van der Waals surface area contributed by atoms with Crippen LogP contribution in [0.25, 0.3) is 0 Å². The number of fused-ring (bicyclic) bond motifs is 1. The van der Waals surface area contributed by atoms with Gasteiger partial charge in [-0.25, -0.2) is 9.18 Å². The Kier molecular flexibility index (Phi) is 6.90. The van der Waals surface area contributed by atoms with Gasteiger partial charge in [0.2, 0.25) is 5.91 Å². The van der Waals surface area contributed by atoms with Crippen molar-refractivity contribution in [2.45, 2.75) is 25.7 Å². The molecule has 1 saturated heterocycles. The lowest BCUT2D eigenvalue weighted by Crippen LogP contribution is -2.47. The van der Waals surface area contributed by atoms with E-state index in [-0.39, 0.29) is 24.0 Å². The fourth-order valence-corrected chi connectivity index (χ4v) is 5.23. The van der Waals surface area contributed by atoms with E-state index in [1.54, 1.807) is 52.3 Å². The van der Waals surface area contributed by atoms with E-state index in [9.17, 15) is 23.9 Å². The Morgan fingerprint density at radius 2 is 1.59 bits per heavy atom. The van der Waals surface area contributed by atoms with Gasteiger partial charge in [0, 0.05) is 31.0 Å². The van der Waals surface area contributed by atoms with Crippen LogP contribution in [0, 0.1) is 11.7 Å². The summed E-state index contributed by atoms with van der Waals surface area (Å²) in [5.41, 5.74) is 3.28. The van der Waals surface area contributed by atoms with E-state index in [4.69, 9.17) is 0 Å². The molecule has 1 fully saturated rings. The number of urea groups is 1. The second-order valence-corrected chi connectivity index (χ2v) is 9.39. The van der Waals surface area contributed by atoms with Crippen LogP contribution in [0.15, 0.2) is 72.8 Å². The molecule has 1 N–H and O–H groups in total. The monoisotopic (exact) mass is 501 g/mol. The first-order valence-electron chi connectivity index (χ1n) is 12.5. The predicted octanol–water partition coefficient (Wildman–Crippen LogP) is 5.01. The van der Waals surface area contributed by atoms with Crippen molar-refractivity contribution in [3.63, 3.8) is 0 Å². The smallest absolute Gasteiger partial charge is 0.324 e. The lowest BCUT2D eigenvalue weighted by atomic mass is 9.97. The van der Waals surface area contributed by atoms with Gasteiger partial charge in [-0.05, 0) is 60.7 Å². The fourth-order valence-electron chi connectivity index (χ4n) is 5.23. The summed E-state index contributed by atoms with van der Waals surface area (Å²) in [6, 6.07) is 20.7. The Morgan fingerprint density at radius 3 is 2.30 bits per heavy atom. The summed E-state index contributed by atoms with van der Waals surface area (Å²) in [5.74, 6) is -1.98. The number of piperidine rings is 1. The first kappa shape index (κ1) is 24.5. The first-order chi connectivity index (χ1) is 17.9. The molecule has 0 aromatic heterocycles. The average Bonchev–Trinajstić information content (AvgIpc) is 3.35. The Labute approximate surface area is 214 Å². The predicted molar refractivity (Wildman–Crippen MR) is 139 cm³/mol. The van der Waals surface area contributed by atoms with Crippen molar-refractivity contribution in [2.24, 2.45) is 5.92 Å². The van der Waals surface area contributed by atoms with Gasteiger partial charge in [-0.15, -0.1) is 0 Å². The van der Waals surface area contributed by atoms with Crippen LogP contribution in [0.4, 0.5) is 26.2 Å². The number of hydrogen-bond acceptors (Lipinski definition) is 3. The van der Waals surface area contributed by atoms with E-state index in [2.05, 4.69) is 0 Å². The number of rotatable bonds is 5. The fraction of sp³-hybridized carbons (Fsp3) is 0.276. The maximum atomic E-state index is 14.8. The van der Waals surface area contributed by atoms with Gasteiger partial charge in [-0.1, -0.05) is 42.5 Å². The molecular formula is C29H28FN3O4. The largest absolute Gasteiger partial charge is 0.481 e. The van der Waals surface area contributed by atoms with Gasteiger partial charge in [-0.3, -0.25) is 19.4 Å². The highest BCUT2D eigenvalue weighted by Crippen LogP contribution is 2.34. The molecule has 0 radical (unpaired) electrons. The Hall–Kier alpha value is -4.20. The van der Waals surface area contributed by atoms with Crippen molar-refractivity contribution in [3.05, 3.63) is 89.7 Å². The van der Waals surface area contributed by atoms with Crippen LogP contribution in [0.5, 0.6) is 0 Å². The quantitative estimate of drug-likeness (QED) is 0.533. The van der Waals surface area contributed by atoms with E-state index in [0.717, 1.165) is 16.8 Å². The van der Waals surface area contributed by atoms with Crippen LogP contribution in [-0.2, 0) is 22.4 Å². The molecule has 0 atom stereocenters. The van der Waals surface area contributed by atoms with Crippen LogP contribution in [0.3, 0.4) is 0 Å². The molecule has 2 aliphatic rings. The number of carboxylic acids is 1. The second kappa shape index (κ2) is 10.4. The third-order valence-corrected chi connectivity index (χ3v) is 7.17. The molecule has 190 valence electrons. The Bertz CT molecular complexity index is 1320. The number of carbonyl (C=O) groups is 3. The zero-order chi connectivity index (χ0) is 25.9. The van der Waals surface area contributed by atoms with Crippen molar-refractivity contribution in [2.75, 3.05) is 29.4 Å². The molecule has 0 bridgehead atoms. The lowest BCUT2D eigenvalue weighted by molar-refractivity contribution is -0.143. The maximum absolute atomic E-state index is 14.8. The molecule has 0 aliphatic carbocycles. The molecule has 3 amide bonds. The van der Waals surface area contributed by atoms with Crippen LogP contribution in [-0.4, -0.2) is 47.5 Å². The third-order valence-electron chi connectivity index (χ3n) is 7.17. The number of hydrogen-bond donors (Lipinski definition) is 1. The van der Waals surface area contributed by atoms with Crippen LogP contribution < -0.4 is 9.80 Å². The molecule has 8 heteroatoms. The molecular weight excluding hydrogens is 473 g/mol. The normalized spacial score (nSPS) is 15.4. The first-order valence-corrected chi connectivity index (χ1v) is 12.5. The number of aliphatic carboxylic acids is 1. The minimum atomic E-state index is -0.812. The molecule has 0 saturated carbocycles. The zero-order valence-electron chi connectivity index (χ0n) is 20.3. The van der Waals surface area contributed by atoms with Gasteiger partial charge >= 0.3 is 12.0 Å². The number of carboxylic acid groups (broad SMARTS) is 1. The van der Waals surface area contributed by atoms with E-state index < -0.39 is 17.7 Å². The molecule has 0 unspecified atom stereocenters. The van der Waals surface area contributed by atoms with E-state index in [0.29, 0.717) is 44.6 Å². The maximum Gasteiger partial charge on any atom is 0.324 e. The number of para-hydroxylation sites is 2. The number of halogens is 1. The third kappa shape index (κ3) is 4.91. The molecule has 0 spiro atoms. The average molecular weight is 502 g/mol. The number of carbonyl (C=O) groups excluding carboxylic acids is 2. The van der Waals surface area contributed by atoms with E-state index in [1.807, 2.05) is 24.3 Å². The lowest BCUT2D eigenvalue weighted by Gasteiger charge is -2.33. The summed E-state index contributed by atoms with van der Waals surface area (Å²) in [7, 11) is 0. The number of anilines is 3. The summed E-state index contributed by atoms with van der Waals surface area (Å²) in [4.78, 5) is 43.0. The molecule has 2 heterocycles. The topological polar surface area (TPSA) is 81.2 Å². The van der Waals surface area contributed by atoms with Crippen molar-refractivity contribution >= 4 is 35.0 Å². The molecule has 3 aromatic carbocycles. The highest BCUT2D eigenvalue weighted by Gasteiger charge is 2.34. The summed E-state index contributed by atoms with van der Waals surface area (Å²) in [5, 5.41) is 9.24. The number of benzene rings is 3. The van der Waals surface area contributed by atoms with Crippen molar-refractivity contribution < 1.29 is 23.9 Å². The molecule has 7 nitrogen and oxygen atoms in total.